The first-order valence-corrected chi connectivity index (χ1v) is 10.4. The minimum Gasteiger partial charge on any atom is -0.370 e. The molecule has 0 radical (unpaired) electrons. The lowest BCUT2D eigenvalue weighted by Gasteiger charge is -2.39. The van der Waals surface area contributed by atoms with Gasteiger partial charge in [-0.2, -0.15) is 0 Å². The summed E-state index contributed by atoms with van der Waals surface area (Å²) in [6.45, 7) is 5.27. The van der Waals surface area contributed by atoms with Crippen molar-refractivity contribution in [1.29, 1.82) is 0 Å². The number of ether oxygens (including phenoxy) is 1. The highest BCUT2D eigenvalue weighted by atomic mass is 19.1. The van der Waals surface area contributed by atoms with Crippen LogP contribution in [0.1, 0.15) is 37.4 Å². The van der Waals surface area contributed by atoms with Gasteiger partial charge in [-0.15, -0.1) is 0 Å². The smallest absolute Gasteiger partial charge is 0.129 e. The third-order valence-corrected chi connectivity index (χ3v) is 7.06. The second-order valence-electron chi connectivity index (χ2n) is 8.98. The third-order valence-electron chi connectivity index (χ3n) is 7.06. The number of nitrogens with zero attached hydrogens (tertiary/aromatic N) is 2. The zero-order chi connectivity index (χ0) is 18.5. The number of likely N-dealkylation sites (tertiary alicyclic amines) is 2. The molecule has 1 aliphatic carbocycles. The Labute approximate surface area is 159 Å². The van der Waals surface area contributed by atoms with Crippen molar-refractivity contribution in [2.24, 2.45) is 17.6 Å². The largest absolute Gasteiger partial charge is 0.370 e. The highest BCUT2D eigenvalue weighted by molar-refractivity contribution is 5.23. The second kappa shape index (κ2) is 7.07. The Kier molecular flexibility index (Phi) is 4.71. The standard InChI is InChI=1S/C21H29F2N3O/c22-15-3-4-18(23)17(7-15)21-19(24)8-16(12-27-21)26-10-14-5-6-25(20(14)11-26)9-13-1-2-13/h3-4,7,13-14,16,19-21H,1-2,5-6,8-12,24H2. The van der Waals surface area contributed by atoms with Crippen LogP contribution in [0.15, 0.2) is 18.2 Å². The van der Waals surface area contributed by atoms with Crippen LogP contribution in [0.2, 0.25) is 0 Å². The highest BCUT2D eigenvalue weighted by Crippen LogP contribution is 2.39. The van der Waals surface area contributed by atoms with Crippen LogP contribution in [0.5, 0.6) is 0 Å². The van der Waals surface area contributed by atoms with Crippen LogP contribution >= 0.6 is 0 Å². The Morgan fingerprint density at radius 3 is 2.78 bits per heavy atom. The van der Waals surface area contributed by atoms with E-state index in [2.05, 4.69) is 9.80 Å². The van der Waals surface area contributed by atoms with Crippen molar-refractivity contribution in [2.75, 3.05) is 32.8 Å². The monoisotopic (exact) mass is 377 g/mol. The zero-order valence-corrected chi connectivity index (χ0v) is 15.7. The maximum atomic E-state index is 14.1. The molecule has 0 bridgehead atoms. The molecule has 6 heteroatoms. The van der Waals surface area contributed by atoms with Crippen LogP contribution in [0, 0.1) is 23.5 Å². The number of halogens is 2. The summed E-state index contributed by atoms with van der Waals surface area (Å²) in [6.07, 6.45) is 4.31. The van der Waals surface area contributed by atoms with Gasteiger partial charge >= 0.3 is 0 Å². The van der Waals surface area contributed by atoms with Crippen molar-refractivity contribution in [3.63, 3.8) is 0 Å². The number of nitrogens with two attached hydrogens (primary N) is 1. The number of benzene rings is 1. The summed E-state index contributed by atoms with van der Waals surface area (Å²) >= 11 is 0. The molecule has 2 N–H and O–H groups in total. The Morgan fingerprint density at radius 2 is 2.00 bits per heavy atom. The van der Waals surface area contributed by atoms with E-state index in [0.717, 1.165) is 43.5 Å². The Bertz CT molecular complexity index is 698. The molecule has 1 aromatic carbocycles. The lowest BCUT2D eigenvalue weighted by molar-refractivity contribution is -0.0490. The number of rotatable bonds is 4. The minimum atomic E-state index is -0.564. The van der Waals surface area contributed by atoms with Gasteiger partial charge in [0.15, 0.2) is 0 Å². The molecule has 4 nitrogen and oxygen atoms in total. The van der Waals surface area contributed by atoms with Gasteiger partial charge in [-0.25, -0.2) is 8.78 Å². The molecule has 0 aromatic heterocycles. The van der Waals surface area contributed by atoms with E-state index in [4.69, 9.17) is 10.5 Å². The van der Waals surface area contributed by atoms with E-state index >= 15 is 0 Å². The van der Waals surface area contributed by atoms with E-state index in [1.807, 2.05) is 0 Å². The molecule has 27 heavy (non-hydrogen) atoms. The van der Waals surface area contributed by atoms with Gasteiger partial charge in [0.25, 0.3) is 0 Å². The van der Waals surface area contributed by atoms with Gasteiger partial charge in [0, 0.05) is 43.3 Å². The van der Waals surface area contributed by atoms with Gasteiger partial charge < -0.3 is 10.5 Å². The van der Waals surface area contributed by atoms with E-state index in [9.17, 15) is 8.78 Å². The SMILES string of the molecule is NC1CC(N2CC3CCN(CC4CC4)C3C2)COC1c1cc(F)ccc1F. The number of hydrogen-bond donors (Lipinski definition) is 1. The molecule has 0 amide bonds. The predicted octanol–water partition coefficient (Wildman–Crippen LogP) is 2.54. The van der Waals surface area contributed by atoms with E-state index in [0.29, 0.717) is 12.6 Å². The van der Waals surface area contributed by atoms with Crippen LogP contribution < -0.4 is 5.73 Å². The summed E-state index contributed by atoms with van der Waals surface area (Å²) < 4.78 is 33.6. The molecule has 3 heterocycles. The molecular weight excluding hydrogens is 348 g/mol. The molecule has 0 spiro atoms. The van der Waals surface area contributed by atoms with Crippen molar-refractivity contribution in [3.05, 3.63) is 35.4 Å². The summed E-state index contributed by atoms with van der Waals surface area (Å²) in [4.78, 5) is 5.24. The van der Waals surface area contributed by atoms with Gasteiger partial charge in [0.1, 0.15) is 17.7 Å². The quantitative estimate of drug-likeness (QED) is 0.876. The van der Waals surface area contributed by atoms with Crippen LogP contribution in [-0.2, 0) is 4.74 Å². The average Bonchev–Trinajstić information content (AvgIpc) is 3.24. The average molecular weight is 377 g/mol. The summed E-state index contributed by atoms with van der Waals surface area (Å²) in [5, 5.41) is 0. The highest BCUT2D eigenvalue weighted by Gasteiger charge is 2.45. The van der Waals surface area contributed by atoms with E-state index in [-0.39, 0.29) is 17.6 Å². The van der Waals surface area contributed by atoms with Crippen LogP contribution in [0.4, 0.5) is 8.78 Å². The molecule has 1 saturated carbocycles. The molecule has 5 atom stereocenters. The van der Waals surface area contributed by atoms with Crippen molar-refractivity contribution in [3.8, 4) is 0 Å². The molecule has 4 aliphatic rings. The van der Waals surface area contributed by atoms with Crippen molar-refractivity contribution in [2.45, 2.75) is 49.9 Å². The maximum Gasteiger partial charge on any atom is 0.129 e. The van der Waals surface area contributed by atoms with E-state index in [1.165, 1.54) is 38.4 Å². The minimum absolute atomic E-state index is 0.245. The summed E-state index contributed by atoms with van der Waals surface area (Å²) in [5.74, 6) is 0.804. The van der Waals surface area contributed by atoms with Gasteiger partial charge in [-0.1, -0.05) is 0 Å². The maximum absolute atomic E-state index is 14.1. The molecule has 3 aliphatic heterocycles. The predicted molar refractivity (Wildman–Crippen MR) is 99.2 cm³/mol. The van der Waals surface area contributed by atoms with Gasteiger partial charge in [-0.3, -0.25) is 9.80 Å². The summed E-state index contributed by atoms with van der Waals surface area (Å²) in [7, 11) is 0. The zero-order valence-electron chi connectivity index (χ0n) is 15.7. The van der Waals surface area contributed by atoms with E-state index < -0.39 is 17.7 Å². The van der Waals surface area contributed by atoms with Gasteiger partial charge in [0.2, 0.25) is 0 Å². The lowest BCUT2D eigenvalue weighted by Crippen LogP contribution is -2.49. The number of fused-ring (bicyclic) bond motifs is 1. The Morgan fingerprint density at radius 1 is 1.15 bits per heavy atom. The molecule has 4 fully saturated rings. The fourth-order valence-electron chi connectivity index (χ4n) is 5.39. The van der Waals surface area contributed by atoms with E-state index in [1.54, 1.807) is 0 Å². The molecule has 148 valence electrons. The van der Waals surface area contributed by atoms with Gasteiger partial charge in [0.05, 0.1) is 6.61 Å². The fraction of sp³-hybridized carbons (Fsp3) is 0.714. The van der Waals surface area contributed by atoms with Crippen LogP contribution in [0.25, 0.3) is 0 Å². The molecule has 3 saturated heterocycles. The summed E-state index contributed by atoms with van der Waals surface area (Å²) in [5.41, 5.74) is 6.60. The topological polar surface area (TPSA) is 41.7 Å². The van der Waals surface area contributed by atoms with Crippen molar-refractivity contribution in [1.82, 2.24) is 9.80 Å². The van der Waals surface area contributed by atoms with Crippen molar-refractivity contribution < 1.29 is 13.5 Å². The third kappa shape index (κ3) is 3.53. The summed E-state index contributed by atoms with van der Waals surface area (Å²) in [6, 6.07) is 4.15. The molecule has 5 unspecified atom stereocenters. The van der Waals surface area contributed by atoms with Crippen LogP contribution in [0.3, 0.4) is 0 Å². The van der Waals surface area contributed by atoms with Gasteiger partial charge in [-0.05, 0) is 62.3 Å². The number of hydrogen-bond acceptors (Lipinski definition) is 4. The first kappa shape index (κ1) is 18.0. The first-order chi connectivity index (χ1) is 13.1. The first-order valence-electron chi connectivity index (χ1n) is 10.4. The molecule has 1 aromatic rings. The molecular formula is C21H29F2N3O. The lowest BCUT2D eigenvalue weighted by atomic mass is 9.93. The fourth-order valence-corrected chi connectivity index (χ4v) is 5.39. The second-order valence-corrected chi connectivity index (χ2v) is 8.98. The Hall–Kier alpha value is -1.08. The van der Waals surface area contributed by atoms with Crippen LogP contribution in [-0.4, -0.2) is 60.7 Å². The molecule has 5 rings (SSSR count). The normalized spacial score (nSPS) is 37.7. The Balaban J connectivity index is 1.22. The van der Waals surface area contributed by atoms with Crippen molar-refractivity contribution >= 4 is 0 Å².